The highest BCUT2D eigenvalue weighted by atomic mass is 19.4. The van der Waals surface area contributed by atoms with Gasteiger partial charge in [0.15, 0.2) is 11.5 Å². The Morgan fingerprint density at radius 1 is 1.32 bits per heavy atom. The van der Waals surface area contributed by atoms with E-state index in [-0.39, 0.29) is 28.6 Å². The number of hydrogen-bond donors (Lipinski definition) is 3. The number of amides is 1. The second-order valence-electron chi connectivity index (χ2n) is 7.94. The lowest BCUT2D eigenvalue weighted by Crippen LogP contribution is -2.38. The van der Waals surface area contributed by atoms with Crippen LogP contribution in [0.2, 0.25) is 0 Å². The molecule has 2 aromatic heterocycles. The number of nitrogens with two attached hydrogens (primary N) is 1. The van der Waals surface area contributed by atoms with Gasteiger partial charge in [-0.05, 0) is 50.5 Å². The molecule has 4 rings (SSSR count). The van der Waals surface area contributed by atoms with Crippen LogP contribution in [0.5, 0.6) is 5.75 Å². The third kappa shape index (κ3) is 4.28. The first kappa shape index (κ1) is 23.5. The van der Waals surface area contributed by atoms with Crippen LogP contribution >= 0.6 is 0 Å². The van der Waals surface area contributed by atoms with Crippen LogP contribution in [0.25, 0.3) is 22.4 Å². The first-order valence-corrected chi connectivity index (χ1v) is 10.5. The topological polar surface area (TPSA) is 136 Å². The van der Waals surface area contributed by atoms with E-state index in [9.17, 15) is 18.0 Å². The van der Waals surface area contributed by atoms with Crippen molar-refractivity contribution in [2.24, 2.45) is 10.9 Å². The van der Waals surface area contributed by atoms with Crippen LogP contribution in [0.3, 0.4) is 0 Å². The molecule has 2 atom stereocenters. The van der Waals surface area contributed by atoms with E-state index < -0.39 is 29.9 Å². The molecule has 1 amide bonds. The number of nitrogens with zero attached hydrogens (tertiary/aromatic N) is 3. The van der Waals surface area contributed by atoms with Crippen molar-refractivity contribution in [3.63, 3.8) is 0 Å². The van der Waals surface area contributed by atoms with Gasteiger partial charge in [0.2, 0.25) is 5.89 Å². The molecule has 1 aliphatic rings. The van der Waals surface area contributed by atoms with E-state index >= 15 is 0 Å². The molecule has 9 nitrogen and oxygen atoms in total. The summed E-state index contributed by atoms with van der Waals surface area (Å²) in [6.45, 7) is 1.61. The van der Waals surface area contributed by atoms with Crippen LogP contribution in [0.1, 0.15) is 54.2 Å². The smallest absolute Gasteiger partial charge is 0.433 e. The fourth-order valence-corrected chi connectivity index (χ4v) is 3.95. The van der Waals surface area contributed by atoms with Gasteiger partial charge in [0.05, 0.1) is 24.9 Å². The van der Waals surface area contributed by atoms with Crippen molar-refractivity contribution in [1.82, 2.24) is 15.3 Å². The van der Waals surface area contributed by atoms with E-state index in [1.165, 1.54) is 19.2 Å². The van der Waals surface area contributed by atoms with Crippen LogP contribution in [0.15, 0.2) is 33.8 Å². The SMILES string of the molecule is COc1ccc(-c2nc(C(=O)NC3CCCC3=NO)c([C@H](C)N)o2)c2ccc(C(F)(F)F)nc12. The monoisotopic (exact) mass is 477 g/mol. The molecule has 0 saturated heterocycles. The third-order valence-corrected chi connectivity index (χ3v) is 5.60. The predicted molar refractivity (Wildman–Crippen MR) is 116 cm³/mol. The van der Waals surface area contributed by atoms with E-state index in [0.29, 0.717) is 29.5 Å². The van der Waals surface area contributed by atoms with Crippen LogP contribution in [0.4, 0.5) is 13.2 Å². The molecular formula is C22H22F3N5O4. The number of carbonyl (C=O) groups is 1. The first-order valence-electron chi connectivity index (χ1n) is 10.5. The standard InChI is InChI=1S/C22H22F3N5O4/c1-10(26)19-18(20(31)27-13-4-3-5-14(13)30-32)29-21(34-19)12-6-8-15(33-2)17-11(12)7-9-16(28-17)22(23,24)25/h6-10,13,32H,3-5,26H2,1-2H3,(H,27,31)/t10-,13?/m0/s1. The Morgan fingerprint density at radius 3 is 2.74 bits per heavy atom. The number of oxime groups is 1. The molecule has 1 saturated carbocycles. The fraction of sp³-hybridized carbons (Fsp3) is 0.364. The lowest BCUT2D eigenvalue weighted by molar-refractivity contribution is -0.140. The van der Waals surface area contributed by atoms with Crippen LogP contribution < -0.4 is 15.8 Å². The summed E-state index contributed by atoms with van der Waals surface area (Å²) in [5.41, 5.74) is 5.62. The Kier molecular flexibility index (Phi) is 6.17. The Labute approximate surface area is 191 Å². The van der Waals surface area contributed by atoms with E-state index in [4.69, 9.17) is 20.1 Å². The maximum Gasteiger partial charge on any atom is 0.433 e. The summed E-state index contributed by atoms with van der Waals surface area (Å²) in [5, 5.41) is 15.4. The van der Waals surface area contributed by atoms with Gasteiger partial charge in [-0.2, -0.15) is 13.2 Å². The van der Waals surface area contributed by atoms with Crippen molar-refractivity contribution in [3.8, 4) is 17.2 Å². The van der Waals surface area contributed by atoms with Crippen molar-refractivity contribution in [3.05, 3.63) is 41.4 Å². The molecule has 2 heterocycles. The molecule has 0 radical (unpaired) electrons. The summed E-state index contributed by atoms with van der Waals surface area (Å²) in [7, 11) is 1.32. The number of oxazole rings is 1. The average Bonchev–Trinajstić information content (AvgIpc) is 3.44. The molecule has 180 valence electrons. The average molecular weight is 477 g/mol. The molecule has 0 aliphatic heterocycles. The van der Waals surface area contributed by atoms with Crippen molar-refractivity contribution in [1.29, 1.82) is 0 Å². The first-order chi connectivity index (χ1) is 16.1. The highest BCUT2D eigenvalue weighted by molar-refractivity contribution is 6.01. The number of pyridine rings is 1. The summed E-state index contributed by atoms with van der Waals surface area (Å²) >= 11 is 0. The summed E-state index contributed by atoms with van der Waals surface area (Å²) < 4.78 is 50.6. The van der Waals surface area contributed by atoms with Crippen molar-refractivity contribution in [2.45, 2.75) is 44.4 Å². The number of fused-ring (bicyclic) bond motifs is 1. The Morgan fingerprint density at radius 2 is 2.09 bits per heavy atom. The summed E-state index contributed by atoms with van der Waals surface area (Å²) in [6, 6.07) is 3.97. The van der Waals surface area contributed by atoms with Gasteiger partial charge < -0.3 is 25.4 Å². The van der Waals surface area contributed by atoms with Gasteiger partial charge in [-0.15, -0.1) is 0 Å². The number of halogens is 3. The number of benzene rings is 1. The number of hydrogen-bond acceptors (Lipinski definition) is 8. The number of carbonyl (C=O) groups excluding carboxylic acids is 1. The maximum atomic E-state index is 13.2. The second-order valence-corrected chi connectivity index (χ2v) is 7.94. The number of aromatic nitrogens is 2. The Balaban J connectivity index is 1.79. The van der Waals surface area contributed by atoms with Crippen molar-refractivity contribution >= 4 is 22.5 Å². The molecule has 1 fully saturated rings. The molecule has 12 heteroatoms. The van der Waals surface area contributed by atoms with Gasteiger partial charge in [-0.3, -0.25) is 4.79 Å². The highest BCUT2D eigenvalue weighted by Gasteiger charge is 2.34. The zero-order valence-corrected chi connectivity index (χ0v) is 18.3. The quantitative estimate of drug-likeness (QED) is 0.373. The normalized spacial score (nSPS) is 18.4. The Bertz CT molecular complexity index is 1270. The van der Waals surface area contributed by atoms with Gasteiger partial charge >= 0.3 is 6.18 Å². The number of rotatable bonds is 5. The molecule has 1 aliphatic carbocycles. The van der Waals surface area contributed by atoms with E-state index in [1.807, 2.05) is 0 Å². The van der Waals surface area contributed by atoms with Crippen molar-refractivity contribution in [2.75, 3.05) is 7.11 Å². The molecule has 34 heavy (non-hydrogen) atoms. The van der Waals surface area contributed by atoms with Crippen molar-refractivity contribution < 1.29 is 32.3 Å². The summed E-state index contributed by atoms with van der Waals surface area (Å²) in [6.07, 6.45) is -2.70. The highest BCUT2D eigenvalue weighted by Crippen LogP contribution is 2.37. The molecular weight excluding hydrogens is 455 g/mol. The minimum atomic E-state index is -4.64. The van der Waals surface area contributed by atoms with Crippen LogP contribution in [0, 0.1) is 0 Å². The maximum absolute atomic E-state index is 13.2. The largest absolute Gasteiger partial charge is 0.494 e. The number of nitrogens with one attached hydrogen (secondary N) is 1. The molecule has 3 aromatic rings. The van der Waals surface area contributed by atoms with E-state index in [2.05, 4.69) is 20.4 Å². The van der Waals surface area contributed by atoms with Gasteiger partial charge in [0.25, 0.3) is 5.91 Å². The lowest BCUT2D eigenvalue weighted by Gasteiger charge is -2.12. The van der Waals surface area contributed by atoms with Crippen LogP contribution in [-0.2, 0) is 6.18 Å². The Hall–Kier alpha value is -3.67. The number of alkyl halides is 3. The molecule has 1 aromatic carbocycles. The van der Waals surface area contributed by atoms with Gasteiger partial charge in [0.1, 0.15) is 17.0 Å². The minimum absolute atomic E-state index is 0.00543. The fourth-order valence-electron chi connectivity index (χ4n) is 3.95. The van der Waals surface area contributed by atoms with Gasteiger partial charge in [-0.25, -0.2) is 9.97 Å². The molecule has 0 spiro atoms. The van der Waals surface area contributed by atoms with Gasteiger partial charge in [-0.1, -0.05) is 5.16 Å². The van der Waals surface area contributed by atoms with E-state index in [1.54, 1.807) is 13.0 Å². The zero-order chi connectivity index (χ0) is 24.6. The molecule has 1 unspecified atom stereocenters. The third-order valence-electron chi connectivity index (χ3n) is 5.60. The van der Waals surface area contributed by atoms with Crippen LogP contribution in [-0.4, -0.2) is 39.9 Å². The predicted octanol–water partition coefficient (Wildman–Crippen LogP) is 4.05. The number of methoxy groups -OCH3 is 1. The lowest BCUT2D eigenvalue weighted by atomic mass is 10.1. The summed E-state index contributed by atoms with van der Waals surface area (Å²) in [5.74, 6) is -0.324. The number of ether oxygens (including phenoxy) is 1. The minimum Gasteiger partial charge on any atom is -0.494 e. The zero-order valence-electron chi connectivity index (χ0n) is 18.3. The van der Waals surface area contributed by atoms with Gasteiger partial charge in [0, 0.05) is 10.9 Å². The molecule has 4 N–H and O–H groups in total. The second kappa shape index (κ2) is 8.93. The molecule has 0 bridgehead atoms. The van der Waals surface area contributed by atoms with E-state index in [0.717, 1.165) is 12.5 Å². The summed E-state index contributed by atoms with van der Waals surface area (Å²) in [4.78, 5) is 21.0.